The number of hydrogen-bond acceptors (Lipinski definition) is 3. The van der Waals surface area contributed by atoms with Crippen LogP contribution in [-0.2, 0) is 0 Å². The highest BCUT2D eigenvalue weighted by Crippen LogP contribution is 2.13. The molecule has 5 heteroatoms. The molecule has 0 aliphatic heterocycles. The highest BCUT2D eigenvalue weighted by atomic mass is 32.1. The highest BCUT2D eigenvalue weighted by molar-refractivity contribution is 7.80. The predicted octanol–water partition coefficient (Wildman–Crippen LogP) is 3.61. The predicted molar refractivity (Wildman–Crippen MR) is 94.4 cm³/mol. The van der Waals surface area contributed by atoms with Crippen LogP contribution >= 0.6 is 12.2 Å². The Balaban J connectivity index is 2.51. The van der Waals surface area contributed by atoms with E-state index in [1.165, 1.54) is 12.8 Å². The molecular formula is C17H26N2O2S. The van der Waals surface area contributed by atoms with Gasteiger partial charge in [-0.15, -0.1) is 0 Å². The van der Waals surface area contributed by atoms with Crippen LogP contribution in [0.4, 0.5) is 0 Å². The summed E-state index contributed by atoms with van der Waals surface area (Å²) in [5.41, 5.74) is 0.579. The third-order valence-corrected chi connectivity index (χ3v) is 3.76. The van der Waals surface area contributed by atoms with E-state index in [1.54, 1.807) is 12.1 Å². The second-order valence-electron chi connectivity index (χ2n) is 5.01. The number of nitrogens with zero attached hydrogens (tertiary/aromatic N) is 1. The Morgan fingerprint density at radius 2 is 1.77 bits per heavy atom. The van der Waals surface area contributed by atoms with Crippen LogP contribution in [0.2, 0.25) is 0 Å². The van der Waals surface area contributed by atoms with Crippen LogP contribution in [0.1, 0.15) is 50.4 Å². The van der Waals surface area contributed by atoms with E-state index in [9.17, 15) is 4.79 Å². The first-order chi connectivity index (χ1) is 10.6. The molecule has 22 heavy (non-hydrogen) atoms. The molecule has 1 aromatic carbocycles. The van der Waals surface area contributed by atoms with E-state index in [4.69, 9.17) is 17.0 Å². The minimum atomic E-state index is -0.186. The molecule has 4 nitrogen and oxygen atoms in total. The van der Waals surface area contributed by atoms with Crippen molar-refractivity contribution in [3.63, 3.8) is 0 Å². The molecule has 0 unspecified atom stereocenters. The number of carbonyl (C=O) groups is 1. The summed E-state index contributed by atoms with van der Waals surface area (Å²) < 4.78 is 5.63. The van der Waals surface area contributed by atoms with Crippen molar-refractivity contribution in [2.75, 3.05) is 19.7 Å². The molecule has 1 amide bonds. The van der Waals surface area contributed by atoms with Crippen molar-refractivity contribution in [3.8, 4) is 5.75 Å². The van der Waals surface area contributed by atoms with E-state index in [2.05, 4.69) is 12.2 Å². The second-order valence-corrected chi connectivity index (χ2v) is 5.40. The molecule has 1 N–H and O–H groups in total. The first-order valence-corrected chi connectivity index (χ1v) is 8.36. The van der Waals surface area contributed by atoms with Gasteiger partial charge in [-0.05, 0) is 56.8 Å². The van der Waals surface area contributed by atoms with Gasteiger partial charge in [0.15, 0.2) is 5.11 Å². The van der Waals surface area contributed by atoms with E-state index in [-0.39, 0.29) is 5.91 Å². The second kappa shape index (κ2) is 10.2. The summed E-state index contributed by atoms with van der Waals surface area (Å²) in [6.45, 7) is 8.45. The molecule has 122 valence electrons. The van der Waals surface area contributed by atoms with Gasteiger partial charge in [0.1, 0.15) is 5.75 Å². The van der Waals surface area contributed by atoms with Gasteiger partial charge < -0.3 is 9.64 Å². The standard InChI is InChI=1S/C17H26N2O2S/c1-4-7-8-13-21-15-11-9-14(10-12-15)16(20)18-17(22)19(5-2)6-3/h9-12H,4-8,13H2,1-3H3,(H,18,20,22). The van der Waals surface area contributed by atoms with Crippen LogP contribution in [-0.4, -0.2) is 35.6 Å². The van der Waals surface area contributed by atoms with Crippen LogP contribution in [0.25, 0.3) is 0 Å². The molecule has 1 aromatic rings. The average molecular weight is 322 g/mol. The van der Waals surface area contributed by atoms with Crippen LogP contribution in [0, 0.1) is 0 Å². The van der Waals surface area contributed by atoms with E-state index < -0.39 is 0 Å². The van der Waals surface area contributed by atoms with Gasteiger partial charge in [0.25, 0.3) is 5.91 Å². The number of amides is 1. The van der Waals surface area contributed by atoms with Crippen LogP contribution in [0.3, 0.4) is 0 Å². The third-order valence-electron chi connectivity index (χ3n) is 3.40. The van der Waals surface area contributed by atoms with E-state index >= 15 is 0 Å². The molecule has 0 heterocycles. The molecule has 0 spiro atoms. The Kier molecular flexibility index (Phi) is 8.51. The van der Waals surface area contributed by atoms with Crippen molar-refractivity contribution >= 4 is 23.2 Å². The molecule has 0 aromatic heterocycles. The van der Waals surface area contributed by atoms with E-state index in [0.717, 1.165) is 25.3 Å². The van der Waals surface area contributed by atoms with E-state index in [0.29, 0.717) is 17.3 Å². The summed E-state index contributed by atoms with van der Waals surface area (Å²) >= 11 is 5.23. The highest BCUT2D eigenvalue weighted by Gasteiger charge is 2.11. The number of thiocarbonyl (C=S) groups is 1. The van der Waals surface area contributed by atoms with Gasteiger partial charge in [-0.3, -0.25) is 10.1 Å². The first-order valence-electron chi connectivity index (χ1n) is 7.95. The van der Waals surface area contributed by atoms with Gasteiger partial charge in [-0.1, -0.05) is 19.8 Å². The molecule has 0 aliphatic carbocycles. The molecule has 0 atom stereocenters. The lowest BCUT2D eigenvalue weighted by atomic mass is 10.2. The Morgan fingerprint density at radius 3 is 2.32 bits per heavy atom. The maximum absolute atomic E-state index is 12.1. The maximum atomic E-state index is 12.1. The van der Waals surface area contributed by atoms with Gasteiger partial charge >= 0.3 is 0 Å². The Labute approximate surface area is 138 Å². The number of carbonyl (C=O) groups excluding carboxylic acids is 1. The maximum Gasteiger partial charge on any atom is 0.257 e. The SMILES string of the molecule is CCCCCOc1ccc(C(=O)NC(=S)N(CC)CC)cc1. The third kappa shape index (κ3) is 6.02. The summed E-state index contributed by atoms with van der Waals surface area (Å²) in [7, 11) is 0. The van der Waals surface area contributed by atoms with Gasteiger partial charge in [-0.2, -0.15) is 0 Å². The summed E-state index contributed by atoms with van der Waals surface area (Å²) in [5.74, 6) is 0.605. The van der Waals surface area contributed by atoms with Crippen LogP contribution < -0.4 is 10.1 Å². The van der Waals surface area contributed by atoms with Crippen LogP contribution in [0.15, 0.2) is 24.3 Å². The fourth-order valence-electron chi connectivity index (χ4n) is 2.00. The molecule has 0 saturated heterocycles. The van der Waals surface area contributed by atoms with Crippen molar-refractivity contribution < 1.29 is 9.53 Å². The van der Waals surface area contributed by atoms with Crippen molar-refractivity contribution in [3.05, 3.63) is 29.8 Å². The lowest BCUT2D eigenvalue weighted by molar-refractivity contribution is 0.0973. The smallest absolute Gasteiger partial charge is 0.257 e. The number of rotatable bonds is 8. The minimum Gasteiger partial charge on any atom is -0.494 e. The quantitative estimate of drug-likeness (QED) is 0.586. The number of unbranched alkanes of at least 4 members (excludes halogenated alkanes) is 2. The molecule has 1 rings (SSSR count). The zero-order valence-corrected chi connectivity index (χ0v) is 14.5. The lowest BCUT2D eigenvalue weighted by Gasteiger charge is -2.21. The zero-order valence-electron chi connectivity index (χ0n) is 13.7. The average Bonchev–Trinajstić information content (AvgIpc) is 2.53. The summed E-state index contributed by atoms with van der Waals surface area (Å²) in [6, 6.07) is 7.16. The first kappa shape index (κ1) is 18.4. The Bertz CT molecular complexity index is 470. The number of nitrogens with one attached hydrogen (secondary N) is 1. The molecule has 0 saturated carbocycles. The topological polar surface area (TPSA) is 41.6 Å². The van der Waals surface area contributed by atoms with Crippen molar-refractivity contribution in [1.82, 2.24) is 10.2 Å². The van der Waals surface area contributed by atoms with Crippen molar-refractivity contribution in [2.24, 2.45) is 0 Å². The molecule has 0 fully saturated rings. The zero-order chi connectivity index (χ0) is 16.4. The van der Waals surface area contributed by atoms with Crippen LogP contribution in [0.5, 0.6) is 5.75 Å². The Morgan fingerprint density at radius 1 is 1.14 bits per heavy atom. The van der Waals surface area contributed by atoms with Gasteiger partial charge in [0, 0.05) is 18.7 Å². The monoisotopic (exact) mass is 322 g/mol. The summed E-state index contributed by atoms with van der Waals surface area (Å²) in [5, 5.41) is 3.22. The fraction of sp³-hybridized carbons (Fsp3) is 0.529. The Hall–Kier alpha value is -1.62. The van der Waals surface area contributed by atoms with Gasteiger partial charge in [-0.25, -0.2) is 0 Å². The largest absolute Gasteiger partial charge is 0.494 e. The molecule has 0 radical (unpaired) electrons. The summed E-state index contributed by atoms with van der Waals surface area (Å²) in [6.07, 6.45) is 3.40. The molecule has 0 aliphatic rings. The molecule has 0 bridgehead atoms. The van der Waals surface area contributed by atoms with Crippen molar-refractivity contribution in [2.45, 2.75) is 40.0 Å². The molecular weight excluding hydrogens is 296 g/mol. The fourth-order valence-corrected chi connectivity index (χ4v) is 2.35. The lowest BCUT2D eigenvalue weighted by Crippen LogP contribution is -2.42. The normalized spacial score (nSPS) is 10.1. The van der Waals surface area contributed by atoms with E-state index in [1.807, 2.05) is 30.9 Å². The van der Waals surface area contributed by atoms with Gasteiger partial charge in [0.05, 0.1) is 6.61 Å². The van der Waals surface area contributed by atoms with Gasteiger partial charge in [0.2, 0.25) is 0 Å². The number of benzene rings is 1. The number of ether oxygens (including phenoxy) is 1. The van der Waals surface area contributed by atoms with Crippen molar-refractivity contribution in [1.29, 1.82) is 0 Å². The number of hydrogen-bond donors (Lipinski definition) is 1. The summed E-state index contributed by atoms with van der Waals surface area (Å²) in [4.78, 5) is 14.1. The minimum absolute atomic E-state index is 0.186.